The van der Waals surface area contributed by atoms with Crippen LogP contribution in [0.25, 0.3) is 0 Å². The van der Waals surface area contributed by atoms with Crippen LogP contribution in [-0.2, 0) is 9.53 Å². The maximum Gasteiger partial charge on any atom is 0.331 e. The predicted octanol–water partition coefficient (Wildman–Crippen LogP) is 0.405. The molecule has 1 atom stereocenters. The number of hydrogen-bond donors (Lipinski definition) is 0. The largest absolute Gasteiger partial charge is 0.464 e. The van der Waals surface area contributed by atoms with Gasteiger partial charge in [0.05, 0.1) is 11.8 Å². The molecule has 9 heavy (non-hydrogen) atoms. The van der Waals surface area contributed by atoms with Crippen LogP contribution in [0.5, 0.6) is 0 Å². The van der Waals surface area contributed by atoms with Crippen LogP contribution in [0.1, 0.15) is 6.42 Å². The van der Waals surface area contributed by atoms with Gasteiger partial charge in [-0.15, -0.1) is 0 Å². The van der Waals surface area contributed by atoms with Gasteiger partial charge >= 0.3 is 5.97 Å². The molecule has 0 saturated carbocycles. The van der Waals surface area contributed by atoms with E-state index in [4.69, 9.17) is 0 Å². The number of thiocarbonyl (C=S) groups is 1. The highest BCUT2D eigenvalue weighted by atomic mass is 32.1. The van der Waals surface area contributed by atoms with Crippen molar-refractivity contribution in [2.75, 3.05) is 6.61 Å². The van der Waals surface area contributed by atoms with Gasteiger partial charge in [-0.25, -0.2) is 9.79 Å². The quantitative estimate of drug-likeness (QED) is 0.303. The van der Waals surface area contributed by atoms with Crippen molar-refractivity contribution < 1.29 is 9.53 Å². The van der Waals surface area contributed by atoms with E-state index in [1.165, 1.54) is 0 Å². The molecule has 1 rings (SSSR count). The Balaban J connectivity index is 2.59. The molecule has 0 aromatic carbocycles. The number of carbonyl (C=O) groups excluding carboxylic acids is 1. The van der Waals surface area contributed by atoms with Crippen molar-refractivity contribution in [3.05, 3.63) is 0 Å². The van der Waals surface area contributed by atoms with E-state index < -0.39 is 0 Å². The molecule has 0 aliphatic carbocycles. The molecule has 0 radical (unpaired) electrons. The predicted molar refractivity (Wildman–Crippen MR) is 34.4 cm³/mol. The Morgan fingerprint density at radius 3 is 3.11 bits per heavy atom. The Kier molecular flexibility index (Phi) is 1.92. The minimum absolute atomic E-state index is 0.285. The molecule has 0 aromatic rings. The molecule has 1 saturated heterocycles. The highest BCUT2D eigenvalue weighted by molar-refractivity contribution is 7.78. The van der Waals surface area contributed by atoms with E-state index in [0.717, 1.165) is 0 Å². The maximum absolute atomic E-state index is 10.6. The molecule has 0 N–H and O–H groups in total. The van der Waals surface area contributed by atoms with Crippen molar-refractivity contribution in [2.45, 2.75) is 12.5 Å². The van der Waals surface area contributed by atoms with Crippen molar-refractivity contribution in [3.8, 4) is 0 Å². The molecule has 0 amide bonds. The molecule has 1 fully saturated rings. The van der Waals surface area contributed by atoms with E-state index in [9.17, 15) is 4.79 Å². The van der Waals surface area contributed by atoms with Crippen molar-refractivity contribution in [2.24, 2.45) is 4.99 Å². The van der Waals surface area contributed by atoms with Crippen LogP contribution in [0, 0.1) is 0 Å². The fourth-order valence-corrected chi connectivity index (χ4v) is 0.793. The smallest absolute Gasteiger partial charge is 0.331 e. The average molecular weight is 143 g/mol. The van der Waals surface area contributed by atoms with Crippen LogP contribution < -0.4 is 0 Å². The van der Waals surface area contributed by atoms with Crippen molar-refractivity contribution in [3.63, 3.8) is 0 Å². The van der Waals surface area contributed by atoms with E-state index in [1.807, 2.05) is 0 Å². The van der Waals surface area contributed by atoms with Crippen molar-refractivity contribution in [1.82, 2.24) is 0 Å². The number of nitrogens with zero attached hydrogens (tertiary/aromatic N) is 1. The van der Waals surface area contributed by atoms with Gasteiger partial charge in [0, 0.05) is 6.42 Å². The number of esters is 1. The molecule has 0 aromatic heterocycles. The minimum atomic E-state index is -0.373. The number of ether oxygens (including phenoxy) is 1. The number of rotatable bonds is 1. The highest BCUT2D eigenvalue weighted by Gasteiger charge is 2.24. The summed E-state index contributed by atoms with van der Waals surface area (Å²) in [5, 5.41) is 2.15. The summed E-state index contributed by atoms with van der Waals surface area (Å²) < 4.78 is 4.60. The van der Waals surface area contributed by atoms with E-state index in [-0.39, 0.29) is 12.0 Å². The highest BCUT2D eigenvalue weighted by Crippen LogP contribution is 2.08. The van der Waals surface area contributed by atoms with Gasteiger partial charge in [-0.1, -0.05) is 0 Å². The van der Waals surface area contributed by atoms with Crippen LogP contribution >= 0.6 is 12.2 Å². The van der Waals surface area contributed by atoms with Crippen LogP contribution in [0.2, 0.25) is 0 Å². The van der Waals surface area contributed by atoms with Gasteiger partial charge in [-0.2, -0.15) is 0 Å². The molecule has 1 aliphatic heterocycles. The normalized spacial score (nSPS) is 24.9. The summed E-state index contributed by atoms with van der Waals surface area (Å²) in [5.74, 6) is -0.285. The summed E-state index contributed by atoms with van der Waals surface area (Å²) in [6, 6.07) is -0.373. The lowest BCUT2D eigenvalue weighted by molar-refractivity contribution is -0.138. The fourth-order valence-electron chi connectivity index (χ4n) is 0.666. The first-order valence-corrected chi connectivity index (χ1v) is 2.99. The lowest BCUT2D eigenvalue weighted by Gasteiger charge is -1.90. The van der Waals surface area contributed by atoms with Gasteiger partial charge in [0.2, 0.25) is 0 Å². The van der Waals surface area contributed by atoms with Gasteiger partial charge in [0.1, 0.15) is 0 Å². The fraction of sp³-hybridized carbons (Fsp3) is 0.600. The van der Waals surface area contributed by atoms with Crippen molar-refractivity contribution >= 4 is 23.3 Å². The number of hydrogen-bond acceptors (Lipinski definition) is 4. The summed E-state index contributed by atoms with van der Waals surface area (Å²) in [4.78, 5) is 14.2. The third-order valence-corrected chi connectivity index (χ3v) is 1.22. The zero-order valence-corrected chi connectivity index (χ0v) is 5.48. The minimum Gasteiger partial charge on any atom is -0.464 e. The number of cyclic esters (lactones) is 1. The monoisotopic (exact) mass is 143 g/mol. The molecule has 1 aliphatic rings. The number of carbonyl (C=O) groups is 1. The second-order valence-corrected chi connectivity index (χ2v) is 1.87. The van der Waals surface area contributed by atoms with Gasteiger partial charge < -0.3 is 4.74 Å². The summed E-state index contributed by atoms with van der Waals surface area (Å²) in [7, 11) is 0. The van der Waals surface area contributed by atoms with Crippen LogP contribution in [-0.4, -0.2) is 23.8 Å². The zero-order valence-electron chi connectivity index (χ0n) is 4.66. The molecule has 1 heterocycles. The van der Waals surface area contributed by atoms with E-state index in [1.54, 1.807) is 0 Å². The van der Waals surface area contributed by atoms with E-state index in [2.05, 4.69) is 27.1 Å². The van der Waals surface area contributed by atoms with Crippen LogP contribution in [0.15, 0.2) is 4.99 Å². The molecule has 0 bridgehead atoms. The van der Waals surface area contributed by atoms with Crippen LogP contribution in [0.4, 0.5) is 0 Å². The molecular weight excluding hydrogens is 138 g/mol. The SMILES string of the molecule is O=C1OCCC1N=C=S. The Morgan fingerprint density at radius 1 is 1.89 bits per heavy atom. The Hall–Kier alpha value is -0.730. The van der Waals surface area contributed by atoms with Gasteiger partial charge in [-0.3, -0.25) is 0 Å². The van der Waals surface area contributed by atoms with Gasteiger partial charge in [0.25, 0.3) is 0 Å². The molecule has 3 nitrogen and oxygen atoms in total. The first-order valence-electron chi connectivity index (χ1n) is 2.58. The van der Waals surface area contributed by atoms with E-state index in [0.29, 0.717) is 13.0 Å². The maximum atomic E-state index is 10.6. The van der Waals surface area contributed by atoms with Crippen molar-refractivity contribution in [1.29, 1.82) is 0 Å². The zero-order chi connectivity index (χ0) is 6.69. The molecule has 48 valence electrons. The Morgan fingerprint density at radius 2 is 2.67 bits per heavy atom. The number of isothiocyanates is 1. The third-order valence-electron chi connectivity index (χ3n) is 1.12. The number of aliphatic imine (C=N–C) groups is 1. The van der Waals surface area contributed by atoms with Gasteiger partial charge in [-0.05, 0) is 12.2 Å². The lowest BCUT2D eigenvalue weighted by Crippen LogP contribution is -2.09. The molecular formula is C5H5NO2S. The van der Waals surface area contributed by atoms with E-state index >= 15 is 0 Å². The first-order chi connectivity index (χ1) is 4.34. The summed E-state index contributed by atoms with van der Waals surface area (Å²) in [5.41, 5.74) is 0. The Labute approximate surface area is 57.7 Å². The second kappa shape index (κ2) is 2.71. The molecule has 4 heteroatoms. The first kappa shape index (κ1) is 6.39. The standard InChI is InChI=1S/C5H5NO2S/c7-5-4(6-3-9)1-2-8-5/h4H,1-2H2. The summed E-state index contributed by atoms with van der Waals surface area (Å²) in [6.07, 6.45) is 0.641. The third kappa shape index (κ3) is 1.34. The Bertz CT molecular complexity index is 174. The summed E-state index contributed by atoms with van der Waals surface area (Å²) >= 11 is 4.32. The lowest BCUT2D eigenvalue weighted by atomic mass is 10.3. The van der Waals surface area contributed by atoms with Crippen LogP contribution in [0.3, 0.4) is 0 Å². The summed E-state index contributed by atoms with van der Waals surface area (Å²) in [6.45, 7) is 0.462. The van der Waals surface area contributed by atoms with Gasteiger partial charge in [0.15, 0.2) is 6.04 Å². The molecule has 0 spiro atoms. The second-order valence-electron chi connectivity index (χ2n) is 1.69. The topological polar surface area (TPSA) is 38.7 Å². The average Bonchev–Trinajstić information content (AvgIpc) is 2.18. The molecule has 1 unspecified atom stereocenters.